The fourth-order valence-corrected chi connectivity index (χ4v) is 1.74. The molecule has 1 heteroatoms. The van der Waals surface area contributed by atoms with Crippen LogP contribution >= 0.6 is 0 Å². The summed E-state index contributed by atoms with van der Waals surface area (Å²) in [6, 6.07) is 14.4. The standard InChI is InChI=1S/C16H18O/c1-4-14-6-5-7-15(11-14)17-16-9-8-12(2)13(3)10-16/h5-11H,4H2,1-3H3. The number of benzene rings is 2. The lowest BCUT2D eigenvalue weighted by Gasteiger charge is -2.08. The molecule has 0 saturated carbocycles. The van der Waals surface area contributed by atoms with E-state index in [1.54, 1.807) is 0 Å². The minimum Gasteiger partial charge on any atom is -0.457 e. The van der Waals surface area contributed by atoms with Gasteiger partial charge in [0.25, 0.3) is 0 Å². The van der Waals surface area contributed by atoms with E-state index in [-0.39, 0.29) is 0 Å². The fraction of sp³-hybridized carbons (Fsp3) is 0.250. The van der Waals surface area contributed by atoms with Gasteiger partial charge in [-0.15, -0.1) is 0 Å². The molecule has 0 radical (unpaired) electrons. The van der Waals surface area contributed by atoms with Crippen LogP contribution in [0.15, 0.2) is 42.5 Å². The molecule has 0 aliphatic rings. The van der Waals surface area contributed by atoms with Crippen molar-refractivity contribution in [2.45, 2.75) is 27.2 Å². The Bertz CT molecular complexity index is 515. The van der Waals surface area contributed by atoms with Gasteiger partial charge in [0, 0.05) is 0 Å². The number of aryl methyl sites for hydroxylation is 3. The van der Waals surface area contributed by atoms with Crippen molar-refractivity contribution in [3.8, 4) is 11.5 Å². The monoisotopic (exact) mass is 226 g/mol. The second kappa shape index (κ2) is 5.05. The van der Waals surface area contributed by atoms with Gasteiger partial charge >= 0.3 is 0 Å². The van der Waals surface area contributed by atoms with Gasteiger partial charge in [0.1, 0.15) is 11.5 Å². The van der Waals surface area contributed by atoms with Crippen molar-refractivity contribution >= 4 is 0 Å². The first kappa shape index (κ1) is 11.7. The SMILES string of the molecule is CCc1cccc(Oc2ccc(C)c(C)c2)c1. The maximum absolute atomic E-state index is 5.86. The quantitative estimate of drug-likeness (QED) is 0.739. The molecule has 17 heavy (non-hydrogen) atoms. The Kier molecular flexibility index (Phi) is 3.48. The molecule has 0 heterocycles. The molecule has 0 spiro atoms. The van der Waals surface area contributed by atoms with Crippen molar-refractivity contribution in [2.24, 2.45) is 0 Å². The van der Waals surface area contributed by atoms with Crippen molar-refractivity contribution in [3.05, 3.63) is 59.2 Å². The van der Waals surface area contributed by atoms with Gasteiger partial charge in [-0.3, -0.25) is 0 Å². The zero-order valence-corrected chi connectivity index (χ0v) is 10.7. The summed E-state index contributed by atoms with van der Waals surface area (Å²) in [4.78, 5) is 0. The van der Waals surface area contributed by atoms with Crippen LogP contribution < -0.4 is 4.74 Å². The van der Waals surface area contributed by atoms with Crippen molar-refractivity contribution in [1.82, 2.24) is 0 Å². The molecular weight excluding hydrogens is 208 g/mol. The molecule has 0 aliphatic carbocycles. The Morgan fingerprint density at radius 1 is 0.882 bits per heavy atom. The first-order valence-electron chi connectivity index (χ1n) is 6.03. The maximum atomic E-state index is 5.86. The van der Waals surface area contributed by atoms with Crippen LogP contribution in [0.4, 0.5) is 0 Å². The normalized spacial score (nSPS) is 10.3. The van der Waals surface area contributed by atoms with Gasteiger partial charge in [-0.1, -0.05) is 25.1 Å². The van der Waals surface area contributed by atoms with Crippen LogP contribution in [-0.4, -0.2) is 0 Å². The summed E-state index contributed by atoms with van der Waals surface area (Å²) < 4.78 is 5.86. The fourth-order valence-electron chi connectivity index (χ4n) is 1.74. The van der Waals surface area contributed by atoms with Gasteiger partial charge in [-0.05, 0) is 61.2 Å². The van der Waals surface area contributed by atoms with Crippen LogP contribution in [-0.2, 0) is 6.42 Å². The Labute approximate surface area is 103 Å². The van der Waals surface area contributed by atoms with Crippen molar-refractivity contribution in [3.63, 3.8) is 0 Å². The largest absolute Gasteiger partial charge is 0.457 e. The van der Waals surface area contributed by atoms with Gasteiger partial charge < -0.3 is 4.74 Å². The molecule has 88 valence electrons. The first-order chi connectivity index (χ1) is 8.19. The Morgan fingerprint density at radius 2 is 1.65 bits per heavy atom. The van der Waals surface area contributed by atoms with E-state index in [1.807, 2.05) is 18.2 Å². The van der Waals surface area contributed by atoms with E-state index in [9.17, 15) is 0 Å². The first-order valence-corrected chi connectivity index (χ1v) is 6.03. The molecule has 0 fully saturated rings. The predicted molar refractivity (Wildman–Crippen MR) is 71.8 cm³/mol. The zero-order valence-electron chi connectivity index (χ0n) is 10.7. The lowest BCUT2D eigenvalue weighted by molar-refractivity contribution is 0.481. The van der Waals surface area contributed by atoms with Gasteiger partial charge in [0.15, 0.2) is 0 Å². The average molecular weight is 226 g/mol. The van der Waals surface area contributed by atoms with E-state index in [1.165, 1.54) is 16.7 Å². The molecule has 2 aromatic rings. The van der Waals surface area contributed by atoms with Crippen LogP contribution in [0, 0.1) is 13.8 Å². The van der Waals surface area contributed by atoms with E-state index < -0.39 is 0 Å². The summed E-state index contributed by atoms with van der Waals surface area (Å²) >= 11 is 0. The van der Waals surface area contributed by atoms with E-state index >= 15 is 0 Å². The van der Waals surface area contributed by atoms with E-state index in [4.69, 9.17) is 4.74 Å². The van der Waals surface area contributed by atoms with Crippen LogP contribution in [0.3, 0.4) is 0 Å². The van der Waals surface area contributed by atoms with Crippen LogP contribution in [0.25, 0.3) is 0 Å². The highest BCUT2D eigenvalue weighted by Gasteiger charge is 2.00. The third-order valence-corrected chi connectivity index (χ3v) is 3.02. The second-order valence-electron chi connectivity index (χ2n) is 4.35. The minimum absolute atomic E-state index is 0.904. The molecule has 0 unspecified atom stereocenters. The van der Waals surface area contributed by atoms with Gasteiger partial charge in [-0.25, -0.2) is 0 Å². The molecule has 0 saturated heterocycles. The molecule has 0 amide bonds. The molecule has 0 bridgehead atoms. The molecule has 0 atom stereocenters. The number of ether oxygens (including phenoxy) is 1. The van der Waals surface area contributed by atoms with Crippen LogP contribution in [0.2, 0.25) is 0 Å². The van der Waals surface area contributed by atoms with Crippen molar-refractivity contribution < 1.29 is 4.74 Å². The summed E-state index contributed by atoms with van der Waals surface area (Å²) in [6.07, 6.45) is 1.03. The third kappa shape index (κ3) is 2.88. The van der Waals surface area contributed by atoms with Gasteiger partial charge in [-0.2, -0.15) is 0 Å². The Morgan fingerprint density at radius 3 is 2.35 bits per heavy atom. The predicted octanol–water partition coefficient (Wildman–Crippen LogP) is 4.66. The molecule has 0 aliphatic heterocycles. The second-order valence-corrected chi connectivity index (χ2v) is 4.35. The highest BCUT2D eigenvalue weighted by molar-refractivity contribution is 5.38. The molecule has 0 aromatic heterocycles. The van der Waals surface area contributed by atoms with Crippen molar-refractivity contribution in [1.29, 1.82) is 0 Å². The maximum Gasteiger partial charge on any atom is 0.127 e. The Hall–Kier alpha value is -1.76. The lowest BCUT2D eigenvalue weighted by Crippen LogP contribution is -1.88. The highest BCUT2D eigenvalue weighted by atomic mass is 16.5. The lowest BCUT2D eigenvalue weighted by atomic mass is 10.1. The number of hydrogen-bond donors (Lipinski definition) is 0. The highest BCUT2D eigenvalue weighted by Crippen LogP contribution is 2.24. The summed E-state index contributed by atoms with van der Waals surface area (Å²) in [5.41, 5.74) is 3.85. The molecular formula is C16H18O. The summed E-state index contributed by atoms with van der Waals surface area (Å²) in [5, 5.41) is 0. The van der Waals surface area contributed by atoms with Crippen molar-refractivity contribution in [2.75, 3.05) is 0 Å². The number of hydrogen-bond acceptors (Lipinski definition) is 1. The summed E-state index contributed by atoms with van der Waals surface area (Å²) in [7, 11) is 0. The molecule has 2 rings (SSSR count). The van der Waals surface area contributed by atoms with Crippen LogP contribution in [0.5, 0.6) is 11.5 Å². The minimum atomic E-state index is 0.904. The van der Waals surface area contributed by atoms with Crippen LogP contribution in [0.1, 0.15) is 23.6 Å². The van der Waals surface area contributed by atoms with Gasteiger partial charge in [0.05, 0.1) is 0 Å². The van der Waals surface area contributed by atoms with E-state index in [2.05, 4.69) is 45.0 Å². The molecule has 0 N–H and O–H groups in total. The Balaban J connectivity index is 2.22. The smallest absolute Gasteiger partial charge is 0.127 e. The number of rotatable bonds is 3. The topological polar surface area (TPSA) is 9.23 Å². The van der Waals surface area contributed by atoms with Gasteiger partial charge in [0.2, 0.25) is 0 Å². The summed E-state index contributed by atoms with van der Waals surface area (Å²) in [5.74, 6) is 1.81. The zero-order chi connectivity index (χ0) is 12.3. The van der Waals surface area contributed by atoms with E-state index in [0.29, 0.717) is 0 Å². The average Bonchev–Trinajstić information content (AvgIpc) is 2.34. The third-order valence-electron chi connectivity index (χ3n) is 3.02. The summed E-state index contributed by atoms with van der Waals surface area (Å²) in [6.45, 7) is 6.36. The molecule has 2 aromatic carbocycles. The molecule has 1 nitrogen and oxygen atoms in total. The van der Waals surface area contributed by atoms with E-state index in [0.717, 1.165) is 17.9 Å².